The Balaban J connectivity index is 2.95. The molecule has 0 amide bonds. The number of methoxy groups -OCH3 is 1. The summed E-state index contributed by atoms with van der Waals surface area (Å²) < 4.78 is 4.63. The van der Waals surface area contributed by atoms with Crippen LogP contribution in [0.1, 0.15) is 18.4 Å². The van der Waals surface area contributed by atoms with E-state index in [-0.39, 0.29) is 6.54 Å². The molecule has 2 unspecified atom stereocenters. The summed E-state index contributed by atoms with van der Waals surface area (Å²) in [6.07, 6.45) is 0. The lowest BCUT2D eigenvalue weighted by atomic mass is 9.87. The van der Waals surface area contributed by atoms with Crippen molar-refractivity contribution in [2.75, 3.05) is 13.7 Å². The molecule has 0 saturated carbocycles. The van der Waals surface area contributed by atoms with Gasteiger partial charge in [-0.05, 0) is 5.56 Å². The Hall–Kier alpha value is -1.91. The summed E-state index contributed by atoms with van der Waals surface area (Å²) in [4.78, 5) is 21.7. The van der Waals surface area contributed by atoms with Gasteiger partial charge in [0.05, 0.1) is 18.9 Å². The average Bonchev–Trinajstić information content (AvgIpc) is 2.35. The van der Waals surface area contributed by atoms with Crippen molar-refractivity contribution in [1.82, 2.24) is 0 Å². The zero-order valence-electron chi connectivity index (χ0n) is 9.83. The number of carbonyl (C=O) groups is 1. The van der Waals surface area contributed by atoms with Crippen LogP contribution in [0.3, 0.4) is 0 Å². The molecule has 0 radical (unpaired) electrons. The largest absolute Gasteiger partial charge is 0.469 e. The third-order valence-electron chi connectivity index (χ3n) is 2.75. The maximum atomic E-state index is 11.5. The number of hydrogen-bond donors (Lipinski definition) is 0. The second kappa shape index (κ2) is 5.98. The Morgan fingerprint density at radius 1 is 1.41 bits per heavy atom. The molecule has 0 N–H and O–H groups in total. The van der Waals surface area contributed by atoms with E-state index in [0.29, 0.717) is 0 Å². The summed E-state index contributed by atoms with van der Waals surface area (Å²) in [5.74, 6) is -1.42. The monoisotopic (exact) mass is 237 g/mol. The predicted octanol–water partition coefficient (Wildman–Crippen LogP) is 1.86. The topological polar surface area (TPSA) is 69.4 Å². The molecule has 1 rings (SSSR count). The highest BCUT2D eigenvalue weighted by molar-refractivity contribution is 5.73. The number of nitrogens with zero attached hydrogens (tertiary/aromatic N) is 1. The third-order valence-corrected chi connectivity index (χ3v) is 2.75. The SMILES string of the molecule is COC(=O)C(C)C(C[N+](=O)[O-])c1ccccc1. The predicted molar refractivity (Wildman–Crippen MR) is 62.2 cm³/mol. The molecule has 0 aromatic heterocycles. The van der Waals surface area contributed by atoms with Crippen LogP contribution in [-0.2, 0) is 9.53 Å². The number of benzene rings is 1. The van der Waals surface area contributed by atoms with Crippen LogP contribution < -0.4 is 0 Å². The highest BCUT2D eigenvalue weighted by Gasteiger charge is 2.30. The first kappa shape index (κ1) is 13.2. The fourth-order valence-electron chi connectivity index (χ4n) is 1.76. The lowest BCUT2D eigenvalue weighted by Crippen LogP contribution is -2.26. The van der Waals surface area contributed by atoms with Gasteiger partial charge in [0.25, 0.3) is 0 Å². The normalized spacial score (nSPS) is 13.8. The molecular formula is C12H15NO4. The Morgan fingerprint density at radius 2 is 2.00 bits per heavy atom. The molecule has 0 heterocycles. The van der Waals surface area contributed by atoms with Crippen molar-refractivity contribution in [1.29, 1.82) is 0 Å². The van der Waals surface area contributed by atoms with Crippen molar-refractivity contribution in [2.24, 2.45) is 5.92 Å². The molecule has 0 bridgehead atoms. The fourth-order valence-corrected chi connectivity index (χ4v) is 1.76. The maximum absolute atomic E-state index is 11.5. The summed E-state index contributed by atoms with van der Waals surface area (Å²) in [7, 11) is 1.28. The molecular weight excluding hydrogens is 222 g/mol. The van der Waals surface area contributed by atoms with Crippen molar-refractivity contribution in [2.45, 2.75) is 12.8 Å². The number of carbonyl (C=O) groups excluding carboxylic acids is 1. The van der Waals surface area contributed by atoms with Crippen molar-refractivity contribution in [3.63, 3.8) is 0 Å². The molecule has 0 spiro atoms. The van der Waals surface area contributed by atoms with Gasteiger partial charge in [-0.1, -0.05) is 37.3 Å². The van der Waals surface area contributed by atoms with Crippen LogP contribution in [-0.4, -0.2) is 24.5 Å². The minimum Gasteiger partial charge on any atom is -0.469 e. The van der Waals surface area contributed by atoms with Gasteiger partial charge in [0.15, 0.2) is 0 Å². The van der Waals surface area contributed by atoms with Gasteiger partial charge in [0.2, 0.25) is 6.54 Å². The van der Waals surface area contributed by atoms with Crippen LogP contribution in [0, 0.1) is 16.0 Å². The van der Waals surface area contributed by atoms with Crippen LogP contribution in [0.4, 0.5) is 0 Å². The van der Waals surface area contributed by atoms with Crippen LogP contribution in [0.5, 0.6) is 0 Å². The van der Waals surface area contributed by atoms with Gasteiger partial charge in [-0.15, -0.1) is 0 Å². The van der Waals surface area contributed by atoms with Crippen LogP contribution in [0.25, 0.3) is 0 Å². The quantitative estimate of drug-likeness (QED) is 0.445. The zero-order chi connectivity index (χ0) is 12.8. The number of hydrogen-bond acceptors (Lipinski definition) is 4. The van der Waals surface area contributed by atoms with Gasteiger partial charge in [-0.3, -0.25) is 14.9 Å². The molecule has 0 fully saturated rings. The maximum Gasteiger partial charge on any atom is 0.309 e. The Morgan fingerprint density at radius 3 is 2.47 bits per heavy atom. The van der Waals surface area contributed by atoms with E-state index in [1.165, 1.54) is 7.11 Å². The van der Waals surface area contributed by atoms with Crippen molar-refractivity contribution in [3.8, 4) is 0 Å². The van der Waals surface area contributed by atoms with E-state index in [2.05, 4.69) is 4.74 Å². The summed E-state index contributed by atoms with van der Waals surface area (Å²) in [5.41, 5.74) is 0.780. The number of rotatable bonds is 5. The minimum absolute atomic E-state index is 0.278. The molecule has 17 heavy (non-hydrogen) atoms. The second-order valence-corrected chi connectivity index (χ2v) is 3.84. The van der Waals surface area contributed by atoms with E-state index >= 15 is 0 Å². The minimum atomic E-state index is -0.534. The number of nitro groups is 1. The molecule has 0 saturated heterocycles. The molecule has 0 aliphatic carbocycles. The first-order chi connectivity index (χ1) is 8.06. The highest BCUT2D eigenvalue weighted by Crippen LogP contribution is 2.25. The molecule has 0 aliphatic heterocycles. The molecule has 2 atom stereocenters. The van der Waals surface area contributed by atoms with Gasteiger partial charge in [0, 0.05) is 4.92 Å². The lowest BCUT2D eigenvalue weighted by molar-refractivity contribution is -0.484. The molecule has 1 aromatic carbocycles. The molecule has 5 nitrogen and oxygen atoms in total. The average molecular weight is 237 g/mol. The van der Waals surface area contributed by atoms with Gasteiger partial charge in [-0.2, -0.15) is 0 Å². The molecule has 92 valence electrons. The first-order valence-corrected chi connectivity index (χ1v) is 5.30. The molecule has 0 aliphatic rings. The van der Waals surface area contributed by atoms with Crippen molar-refractivity contribution >= 4 is 5.97 Å². The standard InChI is InChI=1S/C12H15NO4/c1-9(12(14)17-2)11(8-13(15)16)10-6-4-3-5-7-10/h3-7,9,11H,8H2,1-2H3. The van der Waals surface area contributed by atoms with Crippen molar-refractivity contribution < 1.29 is 14.5 Å². The van der Waals surface area contributed by atoms with E-state index in [9.17, 15) is 14.9 Å². The van der Waals surface area contributed by atoms with E-state index < -0.39 is 22.7 Å². The van der Waals surface area contributed by atoms with E-state index in [0.717, 1.165) is 5.56 Å². The molecule has 5 heteroatoms. The summed E-state index contributed by atoms with van der Waals surface area (Å²) in [6.45, 7) is 1.37. The van der Waals surface area contributed by atoms with Crippen molar-refractivity contribution in [3.05, 3.63) is 46.0 Å². The van der Waals surface area contributed by atoms with E-state index in [1.807, 2.05) is 6.07 Å². The second-order valence-electron chi connectivity index (χ2n) is 3.84. The van der Waals surface area contributed by atoms with Gasteiger partial charge < -0.3 is 4.74 Å². The Bertz CT molecular complexity index is 391. The fraction of sp³-hybridized carbons (Fsp3) is 0.417. The van der Waals surface area contributed by atoms with E-state index in [1.54, 1.807) is 31.2 Å². The number of esters is 1. The molecule has 1 aromatic rings. The zero-order valence-corrected chi connectivity index (χ0v) is 9.83. The third kappa shape index (κ3) is 3.55. The van der Waals surface area contributed by atoms with Crippen LogP contribution in [0.2, 0.25) is 0 Å². The van der Waals surface area contributed by atoms with Gasteiger partial charge in [0.1, 0.15) is 0 Å². The lowest BCUT2D eigenvalue weighted by Gasteiger charge is -2.18. The van der Waals surface area contributed by atoms with E-state index in [4.69, 9.17) is 0 Å². The van der Waals surface area contributed by atoms with Gasteiger partial charge >= 0.3 is 5.97 Å². The Labute approximate surface area is 99.5 Å². The number of ether oxygens (including phenoxy) is 1. The van der Waals surface area contributed by atoms with Crippen LogP contribution in [0.15, 0.2) is 30.3 Å². The highest BCUT2D eigenvalue weighted by atomic mass is 16.6. The van der Waals surface area contributed by atoms with Gasteiger partial charge in [-0.25, -0.2) is 0 Å². The Kier molecular flexibility index (Phi) is 4.63. The summed E-state index contributed by atoms with van der Waals surface area (Å²) in [6, 6.07) is 9.00. The summed E-state index contributed by atoms with van der Waals surface area (Å²) >= 11 is 0. The summed E-state index contributed by atoms with van der Waals surface area (Å²) in [5, 5.41) is 10.7. The van der Waals surface area contributed by atoms with Crippen LogP contribution >= 0.6 is 0 Å². The first-order valence-electron chi connectivity index (χ1n) is 5.30. The smallest absolute Gasteiger partial charge is 0.309 e.